The van der Waals surface area contributed by atoms with Crippen LogP contribution in [0.3, 0.4) is 0 Å². The summed E-state index contributed by atoms with van der Waals surface area (Å²) in [7, 11) is 0. The van der Waals surface area contributed by atoms with E-state index >= 15 is 0 Å². The predicted molar refractivity (Wildman–Crippen MR) is 195 cm³/mol. The van der Waals surface area contributed by atoms with Gasteiger partial charge in [0.1, 0.15) is 6.10 Å². The maximum absolute atomic E-state index is 12.4. The predicted octanol–water partition coefficient (Wildman–Crippen LogP) is 10.9. The Labute approximate surface area is 280 Å². The van der Waals surface area contributed by atoms with Crippen molar-refractivity contribution >= 4 is 5.91 Å². The average molecular weight is 638 g/mol. The van der Waals surface area contributed by atoms with Crippen LogP contribution in [0.5, 0.6) is 0 Å². The van der Waals surface area contributed by atoms with Gasteiger partial charge in [-0.2, -0.15) is 0 Å². The zero-order valence-electron chi connectivity index (χ0n) is 30.3. The molecule has 0 saturated carbocycles. The van der Waals surface area contributed by atoms with Crippen molar-refractivity contribution in [2.24, 2.45) is 0 Å². The zero-order chi connectivity index (χ0) is 33.1. The van der Waals surface area contributed by atoms with Crippen molar-refractivity contribution in [2.75, 3.05) is 6.61 Å². The third kappa shape index (κ3) is 31.5. The molecule has 0 heterocycles. The van der Waals surface area contributed by atoms with Gasteiger partial charge in [0.2, 0.25) is 5.91 Å². The summed E-state index contributed by atoms with van der Waals surface area (Å²) in [6, 6.07) is -0.791. The Hall–Kier alpha value is -0.910. The van der Waals surface area contributed by atoms with Crippen LogP contribution < -0.4 is 5.32 Å². The molecule has 0 aliphatic heterocycles. The molecule has 0 bridgehead atoms. The lowest BCUT2D eigenvalue weighted by Gasteiger charge is -2.21. The molecule has 0 aliphatic carbocycles. The van der Waals surface area contributed by atoms with Gasteiger partial charge in [-0.3, -0.25) is 4.79 Å². The molecule has 0 rings (SSSR count). The van der Waals surface area contributed by atoms with E-state index in [0.717, 1.165) is 32.1 Å². The van der Waals surface area contributed by atoms with Gasteiger partial charge in [0.15, 0.2) is 0 Å². The van der Waals surface area contributed by atoms with Crippen LogP contribution in [0.15, 0.2) is 12.2 Å². The second-order valence-corrected chi connectivity index (χ2v) is 13.9. The number of aliphatic hydroxyl groups is 3. The largest absolute Gasteiger partial charge is 0.394 e. The number of nitrogens with one attached hydrogen (secondary N) is 1. The van der Waals surface area contributed by atoms with Crippen LogP contribution >= 0.6 is 0 Å². The van der Waals surface area contributed by atoms with Crippen LogP contribution in [0.2, 0.25) is 0 Å². The molecule has 0 unspecified atom stereocenters. The number of amides is 1. The summed E-state index contributed by atoms with van der Waals surface area (Å²) < 4.78 is 0. The smallest absolute Gasteiger partial charge is 0.249 e. The van der Waals surface area contributed by atoms with Crippen LogP contribution in [0.25, 0.3) is 0 Å². The summed E-state index contributed by atoms with van der Waals surface area (Å²) in [6.45, 7) is 4.18. The van der Waals surface area contributed by atoms with Crippen LogP contribution in [-0.4, -0.2) is 46.1 Å². The highest BCUT2D eigenvalue weighted by Gasteiger charge is 2.22. The Kier molecular flexibility index (Phi) is 35.2. The first-order valence-electron chi connectivity index (χ1n) is 20.0. The molecule has 0 aromatic carbocycles. The van der Waals surface area contributed by atoms with Gasteiger partial charge in [-0.05, 0) is 19.3 Å². The molecule has 5 nitrogen and oxygen atoms in total. The molecule has 0 fully saturated rings. The van der Waals surface area contributed by atoms with E-state index in [4.69, 9.17) is 0 Å². The van der Waals surface area contributed by atoms with Crippen molar-refractivity contribution < 1.29 is 20.1 Å². The molecular formula is C40H79NO4. The number of hydrogen-bond acceptors (Lipinski definition) is 4. The Morgan fingerprint density at radius 3 is 1.22 bits per heavy atom. The summed E-state index contributed by atoms with van der Waals surface area (Å²) >= 11 is 0. The minimum absolute atomic E-state index is 0.359. The van der Waals surface area contributed by atoms with Crippen LogP contribution in [0.1, 0.15) is 213 Å². The first kappa shape index (κ1) is 44.1. The van der Waals surface area contributed by atoms with E-state index in [1.807, 2.05) is 6.08 Å². The number of allylic oxidation sites excluding steroid dienone is 1. The quantitative estimate of drug-likeness (QED) is 0.0406. The van der Waals surface area contributed by atoms with Gasteiger partial charge in [-0.15, -0.1) is 0 Å². The summed E-state index contributed by atoms with van der Waals surface area (Å²) in [4.78, 5) is 12.4. The van der Waals surface area contributed by atoms with E-state index in [0.29, 0.717) is 6.42 Å². The van der Waals surface area contributed by atoms with Crippen LogP contribution in [0.4, 0.5) is 0 Å². The average Bonchev–Trinajstić information content (AvgIpc) is 3.04. The summed E-state index contributed by atoms with van der Waals surface area (Å²) in [5.41, 5.74) is 0. The lowest BCUT2D eigenvalue weighted by molar-refractivity contribution is -0.131. The molecule has 0 saturated heterocycles. The van der Waals surface area contributed by atoms with E-state index in [9.17, 15) is 20.1 Å². The zero-order valence-corrected chi connectivity index (χ0v) is 30.3. The van der Waals surface area contributed by atoms with Gasteiger partial charge in [-0.25, -0.2) is 0 Å². The Balaban J connectivity index is 3.69. The molecule has 4 N–H and O–H groups in total. The fourth-order valence-electron chi connectivity index (χ4n) is 6.18. The molecule has 268 valence electrons. The van der Waals surface area contributed by atoms with E-state index in [-0.39, 0.29) is 6.61 Å². The van der Waals surface area contributed by atoms with E-state index in [1.165, 1.54) is 161 Å². The summed E-state index contributed by atoms with van der Waals surface area (Å²) in [5, 5.41) is 33.0. The highest BCUT2D eigenvalue weighted by atomic mass is 16.3. The third-order valence-electron chi connectivity index (χ3n) is 9.38. The van der Waals surface area contributed by atoms with E-state index in [2.05, 4.69) is 19.2 Å². The number of aliphatic hydroxyl groups excluding tert-OH is 3. The second kappa shape index (κ2) is 35.9. The minimum atomic E-state index is -1.09. The Morgan fingerprint density at radius 1 is 0.533 bits per heavy atom. The first-order valence-corrected chi connectivity index (χ1v) is 20.0. The van der Waals surface area contributed by atoms with Gasteiger partial charge in [-0.1, -0.05) is 206 Å². The maximum atomic E-state index is 12.4. The second-order valence-electron chi connectivity index (χ2n) is 13.9. The Bertz CT molecular complexity index is 625. The lowest BCUT2D eigenvalue weighted by atomic mass is 10.0. The number of rotatable bonds is 36. The van der Waals surface area contributed by atoms with E-state index < -0.39 is 24.2 Å². The fraction of sp³-hybridized carbons (Fsp3) is 0.925. The molecule has 0 aromatic rings. The van der Waals surface area contributed by atoms with Crippen molar-refractivity contribution in [1.82, 2.24) is 5.32 Å². The monoisotopic (exact) mass is 638 g/mol. The molecule has 45 heavy (non-hydrogen) atoms. The highest BCUT2D eigenvalue weighted by Crippen LogP contribution is 2.15. The summed E-state index contributed by atoms with van der Waals surface area (Å²) in [6.07, 6.45) is 40.8. The summed E-state index contributed by atoms with van der Waals surface area (Å²) in [5.74, 6) is -0.501. The normalized spacial score (nSPS) is 13.8. The molecule has 0 aromatic heterocycles. The third-order valence-corrected chi connectivity index (χ3v) is 9.38. The van der Waals surface area contributed by atoms with Gasteiger partial charge in [0.25, 0.3) is 0 Å². The van der Waals surface area contributed by atoms with Gasteiger partial charge >= 0.3 is 0 Å². The van der Waals surface area contributed by atoms with Gasteiger partial charge < -0.3 is 20.6 Å². The molecule has 1 amide bonds. The molecule has 0 spiro atoms. The van der Waals surface area contributed by atoms with Crippen molar-refractivity contribution in [1.29, 1.82) is 0 Å². The van der Waals surface area contributed by atoms with Crippen molar-refractivity contribution in [2.45, 2.75) is 231 Å². The molecular weight excluding hydrogens is 558 g/mol. The standard InChI is InChI=1S/C40H79NO4/c1-3-5-7-9-11-13-15-17-19-20-21-23-24-26-28-30-32-34-38(43)37(36-42)41-40(45)39(44)35-33-31-29-27-25-22-18-16-14-12-10-8-6-4-2/h32,34,37-39,42-44H,3-31,33,35-36H2,1-2H3,(H,41,45)/b34-32+/t37-,38+,39-/m1/s1. The first-order chi connectivity index (χ1) is 22.1. The number of carbonyl (C=O) groups excluding carboxylic acids is 1. The molecule has 3 atom stereocenters. The number of carbonyl (C=O) groups is 1. The van der Waals surface area contributed by atoms with Crippen LogP contribution in [0, 0.1) is 0 Å². The van der Waals surface area contributed by atoms with E-state index in [1.54, 1.807) is 6.08 Å². The Morgan fingerprint density at radius 2 is 0.867 bits per heavy atom. The van der Waals surface area contributed by atoms with Gasteiger partial charge in [0.05, 0.1) is 18.8 Å². The SMILES string of the molecule is CCCCCCCCCCCCCCCCC/C=C/[C@H](O)[C@@H](CO)NC(=O)[C@H](O)CCCCCCCCCCCCCCCC. The molecule has 0 radical (unpaired) electrons. The van der Waals surface area contributed by atoms with Gasteiger partial charge in [0, 0.05) is 0 Å². The van der Waals surface area contributed by atoms with Crippen molar-refractivity contribution in [3.8, 4) is 0 Å². The van der Waals surface area contributed by atoms with Crippen molar-refractivity contribution in [3.63, 3.8) is 0 Å². The molecule has 0 aliphatic rings. The fourth-order valence-corrected chi connectivity index (χ4v) is 6.18. The maximum Gasteiger partial charge on any atom is 0.249 e. The van der Waals surface area contributed by atoms with Crippen LogP contribution in [-0.2, 0) is 4.79 Å². The highest BCUT2D eigenvalue weighted by molar-refractivity contribution is 5.80. The number of hydrogen-bond donors (Lipinski definition) is 4. The minimum Gasteiger partial charge on any atom is -0.394 e. The molecule has 5 heteroatoms. The number of unbranched alkanes of at least 4 members (excludes halogenated alkanes) is 28. The topological polar surface area (TPSA) is 89.8 Å². The lowest BCUT2D eigenvalue weighted by Crippen LogP contribution is -2.48. The van der Waals surface area contributed by atoms with Crippen molar-refractivity contribution in [3.05, 3.63) is 12.2 Å².